The Morgan fingerprint density at radius 3 is 2.70 bits per heavy atom. The number of aromatic nitrogens is 1. The van der Waals surface area contributed by atoms with E-state index >= 15 is 0 Å². The Bertz CT molecular complexity index is 731. The van der Waals surface area contributed by atoms with Crippen LogP contribution in [0.3, 0.4) is 0 Å². The van der Waals surface area contributed by atoms with Gasteiger partial charge in [-0.25, -0.2) is 4.39 Å². The zero-order chi connectivity index (χ0) is 14.1. The molecule has 102 valence electrons. The van der Waals surface area contributed by atoms with Gasteiger partial charge < -0.3 is 4.74 Å². The standard InChI is InChI=1S/C17H16FNO/c1-11-9-12(2)19-17-8-7-15(10-16(11)17)20-14-5-3-13(18)4-6-14/h3,5,7-10H,4,6H2,1-2H3. The summed E-state index contributed by atoms with van der Waals surface area (Å²) in [5.41, 5.74) is 3.17. The maximum Gasteiger partial charge on any atom is 0.127 e. The molecule has 1 aromatic carbocycles. The van der Waals surface area contributed by atoms with Crippen LogP contribution < -0.4 is 4.74 Å². The van der Waals surface area contributed by atoms with E-state index in [9.17, 15) is 4.39 Å². The number of hydrogen-bond donors (Lipinski definition) is 0. The van der Waals surface area contributed by atoms with Crippen molar-refractivity contribution in [1.82, 2.24) is 4.98 Å². The summed E-state index contributed by atoms with van der Waals surface area (Å²) >= 11 is 0. The van der Waals surface area contributed by atoms with Crippen LogP contribution in [-0.2, 0) is 0 Å². The largest absolute Gasteiger partial charge is 0.462 e. The molecule has 0 aliphatic heterocycles. The molecule has 1 aromatic heterocycles. The monoisotopic (exact) mass is 269 g/mol. The average Bonchev–Trinajstić information content (AvgIpc) is 2.42. The van der Waals surface area contributed by atoms with Crippen molar-refractivity contribution >= 4 is 10.9 Å². The van der Waals surface area contributed by atoms with Gasteiger partial charge in [-0.1, -0.05) is 0 Å². The highest BCUT2D eigenvalue weighted by Crippen LogP contribution is 2.27. The SMILES string of the molecule is Cc1cc(C)c2cc(OC3=CC=C(F)CC3)ccc2n1. The molecule has 1 heterocycles. The molecule has 0 bridgehead atoms. The molecule has 20 heavy (non-hydrogen) atoms. The number of pyridine rings is 1. The first kappa shape index (κ1) is 12.9. The zero-order valence-electron chi connectivity index (χ0n) is 11.6. The third-order valence-electron chi connectivity index (χ3n) is 3.42. The van der Waals surface area contributed by atoms with Gasteiger partial charge in [-0.2, -0.15) is 0 Å². The van der Waals surface area contributed by atoms with E-state index in [1.54, 1.807) is 6.08 Å². The van der Waals surface area contributed by atoms with Gasteiger partial charge in [0, 0.05) is 23.9 Å². The van der Waals surface area contributed by atoms with Crippen LogP contribution >= 0.6 is 0 Å². The Morgan fingerprint density at radius 1 is 1.10 bits per heavy atom. The van der Waals surface area contributed by atoms with Crippen LogP contribution in [0, 0.1) is 13.8 Å². The molecular weight excluding hydrogens is 253 g/mol. The first-order chi connectivity index (χ1) is 9.61. The van der Waals surface area contributed by atoms with Gasteiger partial charge in [0.05, 0.1) is 5.52 Å². The highest BCUT2D eigenvalue weighted by molar-refractivity contribution is 5.83. The molecule has 1 aliphatic carbocycles. The number of hydrogen-bond acceptors (Lipinski definition) is 2. The molecule has 0 radical (unpaired) electrons. The number of fused-ring (bicyclic) bond motifs is 1. The molecule has 3 heteroatoms. The number of nitrogens with zero attached hydrogens (tertiary/aromatic N) is 1. The van der Waals surface area contributed by atoms with Gasteiger partial charge in [-0.05, 0) is 55.8 Å². The lowest BCUT2D eigenvalue weighted by Crippen LogP contribution is -1.99. The van der Waals surface area contributed by atoms with Crippen molar-refractivity contribution in [2.75, 3.05) is 0 Å². The highest BCUT2D eigenvalue weighted by atomic mass is 19.1. The van der Waals surface area contributed by atoms with Crippen LogP contribution in [0.2, 0.25) is 0 Å². The van der Waals surface area contributed by atoms with E-state index in [0.29, 0.717) is 12.8 Å². The van der Waals surface area contributed by atoms with Gasteiger partial charge in [-0.3, -0.25) is 4.98 Å². The molecule has 0 fully saturated rings. The van der Waals surface area contributed by atoms with Crippen LogP contribution in [0.1, 0.15) is 24.1 Å². The Kier molecular flexibility index (Phi) is 3.26. The molecule has 0 unspecified atom stereocenters. The summed E-state index contributed by atoms with van der Waals surface area (Å²) in [6.07, 6.45) is 4.18. The second kappa shape index (κ2) is 5.08. The molecule has 0 spiro atoms. The predicted octanol–water partition coefficient (Wildman–Crippen LogP) is 4.76. The Balaban J connectivity index is 1.94. The molecule has 2 nitrogen and oxygen atoms in total. The Hall–Kier alpha value is -2.16. The lowest BCUT2D eigenvalue weighted by Gasteiger charge is -2.13. The Labute approximate surface area is 117 Å². The van der Waals surface area contributed by atoms with Crippen molar-refractivity contribution in [1.29, 1.82) is 0 Å². The summed E-state index contributed by atoms with van der Waals surface area (Å²) in [7, 11) is 0. The minimum absolute atomic E-state index is 0.0913. The van der Waals surface area contributed by atoms with Gasteiger partial charge in [0.1, 0.15) is 17.3 Å². The van der Waals surface area contributed by atoms with Crippen LogP contribution in [0.15, 0.2) is 48.0 Å². The first-order valence-electron chi connectivity index (χ1n) is 6.73. The Morgan fingerprint density at radius 2 is 1.95 bits per heavy atom. The van der Waals surface area contributed by atoms with Gasteiger partial charge in [0.25, 0.3) is 0 Å². The predicted molar refractivity (Wildman–Crippen MR) is 78.4 cm³/mol. The molecule has 0 atom stereocenters. The summed E-state index contributed by atoms with van der Waals surface area (Å²) in [5.74, 6) is 1.48. The smallest absolute Gasteiger partial charge is 0.127 e. The lowest BCUT2D eigenvalue weighted by atomic mass is 10.1. The summed E-state index contributed by atoms with van der Waals surface area (Å²) in [5, 5.41) is 1.09. The average molecular weight is 269 g/mol. The third-order valence-corrected chi connectivity index (χ3v) is 3.42. The van der Waals surface area contributed by atoms with Crippen LogP contribution in [0.25, 0.3) is 10.9 Å². The number of allylic oxidation sites excluding steroid dienone is 4. The van der Waals surface area contributed by atoms with Gasteiger partial charge in [-0.15, -0.1) is 0 Å². The molecule has 0 N–H and O–H groups in total. The van der Waals surface area contributed by atoms with E-state index in [4.69, 9.17) is 4.74 Å². The van der Waals surface area contributed by atoms with Crippen molar-refractivity contribution in [3.05, 3.63) is 59.3 Å². The fraction of sp³-hybridized carbons (Fsp3) is 0.235. The van der Waals surface area contributed by atoms with E-state index in [-0.39, 0.29) is 5.83 Å². The summed E-state index contributed by atoms with van der Waals surface area (Å²) in [4.78, 5) is 4.51. The topological polar surface area (TPSA) is 22.1 Å². The van der Waals surface area contributed by atoms with Crippen molar-refractivity contribution in [2.24, 2.45) is 0 Å². The molecule has 0 amide bonds. The van der Waals surface area contributed by atoms with Crippen LogP contribution in [0.5, 0.6) is 5.75 Å². The number of halogens is 1. The van der Waals surface area contributed by atoms with Crippen molar-refractivity contribution < 1.29 is 9.13 Å². The van der Waals surface area contributed by atoms with E-state index in [2.05, 4.69) is 18.0 Å². The zero-order valence-corrected chi connectivity index (χ0v) is 11.6. The molecule has 3 rings (SSSR count). The van der Waals surface area contributed by atoms with Gasteiger partial charge in [0.2, 0.25) is 0 Å². The van der Waals surface area contributed by atoms with E-state index in [1.807, 2.05) is 25.1 Å². The van der Waals surface area contributed by atoms with E-state index < -0.39 is 0 Å². The fourth-order valence-electron chi connectivity index (χ4n) is 2.43. The minimum Gasteiger partial charge on any atom is -0.462 e. The van der Waals surface area contributed by atoms with E-state index in [0.717, 1.165) is 28.1 Å². The summed E-state index contributed by atoms with van der Waals surface area (Å²) < 4.78 is 18.8. The summed E-state index contributed by atoms with van der Waals surface area (Å²) in [6, 6.07) is 7.92. The fourth-order valence-corrected chi connectivity index (χ4v) is 2.43. The van der Waals surface area contributed by atoms with Crippen LogP contribution in [-0.4, -0.2) is 4.98 Å². The summed E-state index contributed by atoms with van der Waals surface area (Å²) in [6.45, 7) is 4.06. The van der Waals surface area contributed by atoms with Gasteiger partial charge >= 0.3 is 0 Å². The molecule has 1 aliphatic rings. The van der Waals surface area contributed by atoms with Crippen molar-refractivity contribution in [2.45, 2.75) is 26.7 Å². The molecule has 2 aromatic rings. The van der Waals surface area contributed by atoms with E-state index in [1.165, 1.54) is 11.6 Å². The second-order valence-corrected chi connectivity index (χ2v) is 5.11. The molecule has 0 saturated heterocycles. The molecular formula is C17H16FNO. The highest BCUT2D eigenvalue weighted by Gasteiger charge is 2.09. The van der Waals surface area contributed by atoms with Gasteiger partial charge in [0.15, 0.2) is 0 Å². The number of ether oxygens (including phenoxy) is 1. The lowest BCUT2D eigenvalue weighted by molar-refractivity contribution is 0.392. The normalized spacial score (nSPS) is 14.9. The number of benzene rings is 1. The number of rotatable bonds is 2. The maximum absolute atomic E-state index is 12.9. The quantitative estimate of drug-likeness (QED) is 0.784. The van der Waals surface area contributed by atoms with Crippen LogP contribution in [0.4, 0.5) is 4.39 Å². The van der Waals surface area contributed by atoms with Crippen molar-refractivity contribution in [3.63, 3.8) is 0 Å². The van der Waals surface area contributed by atoms with Crippen molar-refractivity contribution in [3.8, 4) is 5.75 Å². The number of aryl methyl sites for hydroxylation is 2. The first-order valence-corrected chi connectivity index (χ1v) is 6.73. The third kappa shape index (κ3) is 2.57. The second-order valence-electron chi connectivity index (χ2n) is 5.11. The minimum atomic E-state index is -0.0913. The molecule has 0 saturated carbocycles. The maximum atomic E-state index is 12.9.